The molecule has 0 spiro atoms. The zero-order valence-corrected chi connectivity index (χ0v) is 15.1. The van der Waals surface area contributed by atoms with Crippen LogP contribution >= 0.6 is 23.1 Å². The quantitative estimate of drug-likeness (QED) is 0.538. The molecule has 1 aliphatic heterocycles. The van der Waals surface area contributed by atoms with Gasteiger partial charge in [0.1, 0.15) is 12.7 Å². The van der Waals surface area contributed by atoms with Crippen LogP contribution in [0.15, 0.2) is 41.3 Å². The van der Waals surface area contributed by atoms with Gasteiger partial charge in [0.2, 0.25) is 11.0 Å². The Morgan fingerprint density at radius 1 is 1.40 bits per heavy atom. The summed E-state index contributed by atoms with van der Waals surface area (Å²) in [6.07, 6.45) is 1.55. The lowest BCUT2D eigenvalue weighted by Crippen LogP contribution is -2.41. The van der Waals surface area contributed by atoms with Crippen LogP contribution in [0.5, 0.6) is 11.5 Å². The number of benzene rings is 1. The van der Waals surface area contributed by atoms with Gasteiger partial charge in [0, 0.05) is 6.54 Å². The molecule has 1 atom stereocenters. The van der Waals surface area contributed by atoms with Crippen molar-refractivity contribution in [2.24, 2.45) is 0 Å². The van der Waals surface area contributed by atoms with E-state index in [-0.39, 0.29) is 17.8 Å². The molecule has 2 aromatic rings. The molecule has 7 nitrogen and oxygen atoms in total. The highest BCUT2D eigenvalue weighted by Gasteiger charge is 2.21. The number of carbonyl (C=O) groups is 1. The van der Waals surface area contributed by atoms with E-state index in [1.54, 1.807) is 6.08 Å². The van der Waals surface area contributed by atoms with Gasteiger partial charge in [0.25, 0.3) is 0 Å². The van der Waals surface area contributed by atoms with E-state index in [2.05, 4.69) is 27.4 Å². The van der Waals surface area contributed by atoms with Crippen molar-refractivity contribution >= 4 is 34.1 Å². The molecule has 3 rings (SSSR count). The highest BCUT2D eigenvalue weighted by atomic mass is 32.2. The van der Waals surface area contributed by atoms with Gasteiger partial charge in [-0.25, -0.2) is 0 Å². The van der Waals surface area contributed by atoms with Crippen molar-refractivity contribution in [1.82, 2.24) is 15.5 Å². The maximum absolute atomic E-state index is 12.0. The molecular weight excluding hydrogens is 360 g/mol. The van der Waals surface area contributed by atoms with Gasteiger partial charge in [-0.2, -0.15) is 0 Å². The molecule has 1 aliphatic rings. The maximum atomic E-state index is 12.0. The Labute approximate surface area is 153 Å². The second-order valence-electron chi connectivity index (χ2n) is 5.13. The number of thioether (sulfide) groups is 1. The van der Waals surface area contributed by atoms with Crippen LogP contribution in [-0.2, 0) is 4.79 Å². The fraction of sp³-hybridized carbons (Fsp3) is 0.312. The number of anilines is 1. The fourth-order valence-electron chi connectivity index (χ4n) is 2.07. The van der Waals surface area contributed by atoms with Crippen molar-refractivity contribution in [3.8, 4) is 11.5 Å². The lowest BCUT2D eigenvalue weighted by molar-refractivity contribution is -0.119. The van der Waals surface area contributed by atoms with Crippen molar-refractivity contribution in [3.63, 3.8) is 0 Å². The number of rotatable bonds is 8. The third-order valence-electron chi connectivity index (χ3n) is 3.23. The summed E-state index contributed by atoms with van der Waals surface area (Å²) in [5.41, 5.74) is 0. The molecule has 25 heavy (non-hydrogen) atoms. The average Bonchev–Trinajstić information content (AvgIpc) is 3.10. The first-order chi connectivity index (χ1) is 12.2. The lowest BCUT2D eigenvalue weighted by atomic mass is 10.2. The van der Waals surface area contributed by atoms with Crippen molar-refractivity contribution in [1.29, 1.82) is 0 Å². The first-order valence-corrected chi connectivity index (χ1v) is 9.51. The molecule has 1 unspecified atom stereocenters. The number of ether oxygens (including phenoxy) is 2. The van der Waals surface area contributed by atoms with E-state index in [0.29, 0.717) is 30.6 Å². The van der Waals surface area contributed by atoms with Crippen molar-refractivity contribution in [3.05, 3.63) is 36.9 Å². The van der Waals surface area contributed by atoms with Crippen LogP contribution in [-0.4, -0.2) is 47.7 Å². The van der Waals surface area contributed by atoms with Crippen LogP contribution in [0.2, 0.25) is 0 Å². The summed E-state index contributed by atoms with van der Waals surface area (Å²) in [6.45, 7) is 5.08. The highest BCUT2D eigenvalue weighted by molar-refractivity contribution is 8.01. The summed E-state index contributed by atoms with van der Waals surface area (Å²) in [6, 6.07) is 7.50. The van der Waals surface area contributed by atoms with Gasteiger partial charge in [-0.15, -0.1) is 16.8 Å². The first kappa shape index (κ1) is 17.6. The largest absolute Gasteiger partial charge is 0.486 e. The molecule has 2 N–H and O–H groups in total. The third-order valence-corrected chi connectivity index (χ3v) is 5.24. The predicted octanol–water partition coefficient (Wildman–Crippen LogP) is 2.18. The van der Waals surface area contributed by atoms with Gasteiger partial charge in [0.15, 0.2) is 15.8 Å². The Hall–Kier alpha value is -2.26. The minimum atomic E-state index is -0.194. The second-order valence-corrected chi connectivity index (χ2v) is 7.33. The van der Waals surface area contributed by atoms with E-state index in [4.69, 9.17) is 9.47 Å². The van der Waals surface area contributed by atoms with Crippen molar-refractivity contribution < 1.29 is 14.3 Å². The van der Waals surface area contributed by atoms with E-state index in [9.17, 15) is 4.79 Å². The van der Waals surface area contributed by atoms with Crippen LogP contribution in [0.4, 0.5) is 5.13 Å². The van der Waals surface area contributed by atoms with Crippen LogP contribution < -0.4 is 20.1 Å². The van der Waals surface area contributed by atoms with Crippen LogP contribution in [0.1, 0.15) is 0 Å². The molecule has 1 amide bonds. The van der Waals surface area contributed by atoms with Gasteiger partial charge >= 0.3 is 0 Å². The summed E-state index contributed by atoms with van der Waals surface area (Å²) in [7, 11) is 0. The Morgan fingerprint density at radius 3 is 3.08 bits per heavy atom. The molecule has 1 aromatic heterocycles. The Bertz CT molecular complexity index is 738. The molecule has 9 heteroatoms. The molecule has 1 aromatic carbocycles. The second kappa shape index (κ2) is 8.72. The number of fused-ring (bicyclic) bond motifs is 1. The summed E-state index contributed by atoms with van der Waals surface area (Å²) >= 11 is 2.76. The predicted molar refractivity (Wildman–Crippen MR) is 98.7 cm³/mol. The molecule has 0 radical (unpaired) electrons. The monoisotopic (exact) mass is 378 g/mol. The number of nitrogens with one attached hydrogen (secondary N) is 2. The normalized spacial score (nSPS) is 15.4. The summed E-state index contributed by atoms with van der Waals surface area (Å²) in [5.74, 6) is 1.64. The Morgan fingerprint density at radius 2 is 2.24 bits per heavy atom. The molecule has 0 fully saturated rings. The lowest BCUT2D eigenvalue weighted by Gasteiger charge is -2.26. The highest BCUT2D eigenvalue weighted by Crippen LogP contribution is 2.30. The third kappa shape index (κ3) is 5.10. The minimum absolute atomic E-state index is 0.0803. The number of amides is 1. The van der Waals surface area contributed by atoms with Crippen molar-refractivity contribution in [2.45, 2.75) is 10.4 Å². The van der Waals surface area contributed by atoms with Crippen LogP contribution in [0, 0.1) is 0 Å². The van der Waals surface area contributed by atoms with Gasteiger partial charge in [-0.3, -0.25) is 4.79 Å². The number of nitrogens with zero attached hydrogens (tertiary/aromatic N) is 2. The van der Waals surface area contributed by atoms with Crippen LogP contribution in [0.3, 0.4) is 0 Å². The average molecular weight is 378 g/mol. The standard InChI is InChI=1S/C16H18N4O3S2/c1-2-7-17-15-19-20-16(25-15)24-10-14(21)18-8-11-9-22-12-5-3-4-6-13(12)23-11/h2-6,11H,1,7-10H2,(H,17,19)(H,18,21). The smallest absolute Gasteiger partial charge is 0.230 e. The molecule has 0 bridgehead atoms. The zero-order chi connectivity index (χ0) is 17.5. The summed E-state index contributed by atoms with van der Waals surface area (Å²) < 4.78 is 12.2. The molecule has 132 valence electrons. The molecule has 0 saturated carbocycles. The van der Waals surface area contributed by atoms with E-state index in [1.807, 2.05) is 24.3 Å². The van der Waals surface area contributed by atoms with E-state index in [0.717, 1.165) is 10.1 Å². The van der Waals surface area contributed by atoms with Gasteiger partial charge in [-0.1, -0.05) is 41.3 Å². The van der Waals surface area contributed by atoms with E-state index in [1.165, 1.54) is 23.1 Å². The summed E-state index contributed by atoms with van der Waals surface area (Å²) in [5, 5.41) is 14.7. The van der Waals surface area contributed by atoms with Gasteiger partial charge in [0.05, 0.1) is 12.3 Å². The number of aromatic nitrogens is 2. The number of hydrogen-bond donors (Lipinski definition) is 2. The zero-order valence-electron chi connectivity index (χ0n) is 13.4. The van der Waals surface area contributed by atoms with Crippen molar-refractivity contribution in [2.75, 3.05) is 30.8 Å². The van der Waals surface area contributed by atoms with Crippen LogP contribution in [0.25, 0.3) is 0 Å². The topological polar surface area (TPSA) is 85.4 Å². The SMILES string of the molecule is C=CCNc1nnc(SCC(=O)NCC2COc3ccccc3O2)s1. The molecule has 0 aliphatic carbocycles. The molecule has 0 saturated heterocycles. The van der Waals surface area contributed by atoms with Gasteiger partial charge < -0.3 is 20.1 Å². The maximum Gasteiger partial charge on any atom is 0.230 e. The molecule has 2 heterocycles. The number of para-hydroxylation sites is 2. The first-order valence-electron chi connectivity index (χ1n) is 7.71. The minimum Gasteiger partial charge on any atom is -0.486 e. The molecular formula is C16H18N4O3S2. The van der Waals surface area contributed by atoms with E-state index < -0.39 is 0 Å². The van der Waals surface area contributed by atoms with E-state index >= 15 is 0 Å². The Kier molecular flexibility index (Phi) is 6.13. The number of hydrogen-bond acceptors (Lipinski definition) is 8. The number of carbonyl (C=O) groups excluding carboxylic acids is 1. The summed E-state index contributed by atoms with van der Waals surface area (Å²) in [4.78, 5) is 12.0. The Balaban J connectivity index is 1.38. The fourth-order valence-corrected chi connectivity index (χ4v) is 3.66. The van der Waals surface area contributed by atoms with Gasteiger partial charge in [-0.05, 0) is 12.1 Å².